The van der Waals surface area contributed by atoms with Gasteiger partial charge in [0.15, 0.2) is 0 Å². The van der Waals surface area contributed by atoms with E-state index in [2.05, 4.69) is 38.5 Å². The van der Waals surface area contributed by atoms with Crippen molar-refractivity contribution in [2.75, 3.05) is 5.32 Å². The van der Waals surface area contributed by atoms with Crippen LogP contribution in [-0.2, 0) is 13.2 Å². The molecule has 0 aliphatic carbocycles. The third kappa shape index (κ3) is 5.26. The van der Waals surface area contributed by atoms with Crippen molar-refractivity contribution in [3.8, 4) is 5.75 Å². The van der Waals surface area contributed by atoms with Crippen molar-refractivity contribution in [1.29, 1.82) is 0 Å². The van der Waals surface area contributed by atoms with E-state index < -0.39 is 0 Å². The Kier molecular flexibility index (Phi) is 6.71. The predicted octanol–water partition coefficient (Wildman–Crippen LogP) is 6.14. The van der Waals surface area contributed by atoms with Crippen LogP contribution in [0.3, 0.4) is 0 Å². The summed E-state index contributed by atoms with van der Waals surface area (Å²) in [7, 11) is 0. The molecule has 0 aliphatic heterocycles. The minimum atomic E-state index is -0.157. The molecule has 3 aromatic carbocycles. The Balaban J connectivity index is 1.40. The summed E-state index contributed by atoms with van der Waals surface area (Å²) in [5, 5.41) is 7.63. The standard InChI is InChI=1S/C26H24BrN3O2/c1-18-25(19(2)30(29-18)16-20-7-4-3-5-8-20)28-26(31)22-13-11-21(12-14-22)17-32-24-10-6-9-23(27)15-24/h3-15H,16-17H2,1-2H3,(H,28,31). The van der Waals surface area contributed by atoms with E-state index in [1.807, 2.05) is 85.3 Å². The first-order valence-corrected chi connectivity index (χ1v) is 11.2. The summed E-state index contributed by atoms with van der Waals surface area (Å²) in [5.41, 5.74) is 5.23. The molecule has 1 N–H and O–H groups in total. The van der Waals surface area contributed by atoms with Gasteiger partial charge in [-0.3, -0.25) is 9.48 Å². The maximum atomic E-state index is 12.8. The Morgan fingerprint density at radius 2 is 1.72 bits per heavy atom. The average molecular weight is 490 g/mol. The highest BCUT2D eigenvalue weighted by Gasteiger charge is 2.15. The minimum Gasteiger partial charge on any atom is -0.489 e. The van der Waals surface area contributed by atoms with Gasteiger partial charge < -0.3 is 10.1 Å². The summed E-state index contributed by atoms with van der Waals surface area (Å²) in [5.74, 6) is 0.634. The van der Waals surface area contributed by atoms with E-state index in [-0.39, 0.29) is 5.91 Å². The Labute approximate surface area is 196 Å². The van der Waals surface area contributed by atoms with Crippen molar-refractivity contribution < 1.29 is 9.53 Å². The van der Waals surface area contributed by atoms with E-state index in [1.165, 1.54) is 0 Å². The van der Waals surface area contributed by atoms with Gasteiger partial charge in [0, 0.05) is 10.0 Å². The Bertz CT molecular complexity index is 1220. The highest BCUT2D eigenvalue weighted by Crippen LogP contribution is 2.22. The zero-order valence-electron chi connectivity index (χ0n) is 18.0. The van der Waals surface area contributed by atoms with Crippen LogP contribution in [0, 0.1) is 13.8 Å². The number of nitrogens with zero attached hydrogens (tertiary/aromatic N) is 2. The summed E-state index contributed by atoms with van der Waals surface area (Å²) in [4.78, 5) is 12.8. The van der Waals surface area contributed by atoms with E-state index in [0.29, 0.717) is 18.7 Å². The molecule has 0 saturated heterocycles. The number of anilines is 1. The summed E-state index contributed by atoms with van der Waals surface area (Å²) < 4.78 is 8.70. The van der Waals surface area contributed by atoms with Crippen LogP contribution in [0.1, 0.15) is 32.9 Å². The molecule has 1 amide bonds. The first-order valence-electron chi connectivity index (χ1n) is 10.4. The number of hydrogen-bond donors (Lipinski definition) is 1. The smallest absolute Gasteiger partial charge is 0.255 e. The number of ether oxygens (including phenoxy) is 1. The Hall–Kier alpha value is -3.38. The molecule has 1 aromatic heterocycles. The molecule has 4 aromatic rings. The van der Waals surface area contributed by atoms with Gasteiger partial charge in [0.05, 0.1) is 23.6 Å². The first-order chi connectivity index (χ1) is 15.5. The second-order valence-corrected chi connectivity index (χ2v) is 8.50. The second kappa shape index (κ2) is 9.83. The number of nitrogens with one attached hydrogen (secondary N) is 1. The van der Waals surface area contributed by atoms with Gasteiger partial charge in [-0.25, -0.2) is 0 Å². The zero-order chi connectivity index (χ0) is 22.5. The van der Waals surface area contributed by atoms with Gasteiger partial charge in [-0.2, -0.15) is 5.10 Å². The maximum Gasteiger partial charge on any atom is 0.255 e. The molecule has 0 saturated carbocycles. The number of amides is 1. The fourth-order valence-corrected chi connectivity index (χ4v) is 3.83. The summed E-state index contributed by atoms with van der Waals surface area (Å²) >= 11 is 3.44. The topological polar surface area (TPSA) is 56.2 Å². The van der Waals surface area contributed by atoms with E-state index >= 15 is 0 Å². The van der Waals surface area contributed by atoms with Crippen molar-refractivity contribution in [3.05, 3.63) is 111 Å². The summed E-state index contributed by atoms with van der Waals surface area (Å²) in [6.07, 6.45) is 0. The number of rotatable bonds is 7. The highest BCUT2D eigenvalue weighted by molar-refractivity contribution is 9.10. The molecule has 0 bridgehead atoms. The number of carbonyl (C=O) groups excluding carboxylic acids is 1. The number of benzene rings is 3. The number of carbonyl (C=O) groups is 1. The molecule has 1 heterocycles. The quantitative estimate of drug-likeness (QED) is 0.339. The predicted molar refractivity (Wildman–Crippen MR) is 130 cm³/mol. The number of halogens is 1. The molecule has 0 aliphatic rings. The third-order valence-electron chi connectivity index (χ3n) is 5.21. The van der Waals surface area contributed by atoms with E-state index in [0.717, 1.165) is 38.4 Å². The molecule has 6 heteroatoms. The van der Waals surface area contributed by atoms with E-state index in [1.54, 1.807) is 0 Å². The highest BCUT2D eigenvalue weighted by atomic mass is 79.9. The normalized spacial score (nSPS) is 10.7. The van der Waals surface area contributed by atoms with Crippen LogP contribution >= 0.6 is 15.9 Å². The first kappa shape index (κ1) is 21.8. The largest absolute Gasteiger partial charge is 0.489 e. The van der Waals surface area contributed by atoms with Gasteiger partial charge in [0.1, 0.15) is 12.4 Å². The molecular formula is C26H24BrN3O2. The molecule has 0 spiro atoms. The fourth-order valence-electron chi connectivity index (χ4n) is 3.45. The lowest BCUT2D eigenvalue weighted by atomic mass is 10.1. The van der Waals surface area contributed by atoms with Gasteiger partial charge in [-0.05, 0) is 55.3 Å². The Morgan fingerprint density at radius 3 is 2.44 bits per heavy atom. The lowest BCUT2D eigenvalue weighted by Gasteiger charge is -2.09. The third-order valence-corrected chi connectivity index (χ3v) is 5.71. The van der Waals surface area contributed by atoms with Gasteiger partial charge >= 0.3 is 0 Å². The number of aryl methyl sites for hydroxylation is 1. The molecule has 5 nitrogen and oxygen atoms in total. The second-order valence-electron chi connectivity index (χ2n) is 7.59. The van der Waals surface area contributed by atoms with Gasteiger partial charge in [0.2, 0.25) is 0 Å². The van der Waals surface area contributed by atoms with E-state index in [4.69, 9.17) is 4.74 Å². The average Bonchev–Trinajstić information content (AvgIpc) is 3.06. The lowest BCUT2D eigenvalue weighted by molar-refractivity contribution is 0.102. The molecule has 0 radical (unpaired) electrons. The molecule has 0 fully saturated rings. The van der Waals surface area contributed by atoms with Crippen LogP contribution in [0.25, 0.3) is 0 Å². The molecule has 0 unspecified atom stereocenters. The maximum absolute atomic E-state index is 12.8. The Morgan fingerprint density at radius 1 is 0.969 bits per heavy atom. The van der Waals surface area contributed by atoms with Crippen LogP contribution < -0.4 is 10.1 Å². The fraction of sp³-hybridized carbons (Fsp3) is 0.154. The van der Waals surface area contributed by atoms with Gasteiger partial charge in [-0.1, -0.05) is 64.5 Å². The van der Waals surface area contributed by atoms with Crippen molar-refractivity contribution in [2.24, 2.45) is 0 Å². The van der Waals surface area contributed by atoms with Crippen LogP contribution in [0.5, 0.6) is 5.75 Å². The lowest BCUT2D eigenvalue weighted by Crippen LogP contribution is -2.13. The van der Waals surface area contributed by atoms with Crippen molar-refractivity contribution in [3.63, 3.8) is 0 Å². The van der Waals surface area contributed by atoms with E-state index in [9.17, 15) is 4.79 Å². The van der Waals surface area contributed by atoms with Crippen LogP contribution in [0.4, 0.5) is 5.69 Å². The summed E-state index contributed by atoms with van der Waals surface area (Å²) in [6.45, 7) is 4.98. The van der Waals surface area contributed by atoms with Crippen molar-refractivity contribution in [2.45, 2.75) is 27.0 Å². The molecule has 0 atom stereocenters. The molecule has 32 heavy (non-hydrogen) atoms. The number of aromatic nitrogens is 2. The van der Waals surface area contributed by atoms with Crippen molar-refractivity contribution in [1.82, 2.24) is 9.78 Å². The molecule has 162 valence electrons. The monoisotopic (exact) mass is 489 g/mol. The molecular weight excluding hydrogens is 466 g/mol. The minimum absolute atomic E-state index is 0.157. The van der Waals surface area contributed by atoms with Crippen LogP contribution in [-0.4, -0.2) is 15.7 Å². The van der Waals surface area contributed by atoms with Gasteiger partial charge in [0.25, 0.3) is 5.91 Å². The molecule has 4 rings (SSSR count). The van der Waals surface area contributed by atoms with Gasteiger partial charge in [-0.15, -0.1) is 0 Å². The summed E-state index contributed by atoms with van der Waals surface area (Å²) in [6, 6.07) is 25.3. The number of hydrogen-bond acceptors (Lipinski definition) is 3. The van der Waals surface area contributed by atoms with Crippen LogP contribution in [0.2, 0.25) is 0 Å². The van der Waals surface area contributed by atoms with Crippen molar-refractivity contribution >= 4 is 27.5 Å². The zero-order valence-corrected chi connectivity index (χ0v) is 19.6. The van der Waals surface area contributed by atoms with Crippen LogP contribution in [0.15, 0.2) is 83.3 Å². The SMILES string of the molecule is Cc1nn(Cc2ccccc2)c(C)c1NC(=O)c1ccc(COc2cccc(Br)c2)cc1.